The number of carbonyl (C=O) groups is 2. The Morgan fingerprint density at radius 1 is 0.867 bits per heavy atom. The first-order valence-electron chi connectivity index (χ1n) is 4.27. The molecule has 0 saturated carbocycles. The van der Waals surface area contributed by atoms with Gasteiger partial charge in [-0.15, -0.1) is 0 Å². The summed E-state index contributed by atoms with van der Waals surface area (Å²) in [4.78, 5) is 23.4. The zero-order valence-electron chi connectivity index (χ0n) is 7.78. The molecule has 5 heteroatoms. The SMILES string of the molecule is NC1=C(N)C(=O)c2c(N)cccc2C1=O. The van der Waals surface area contributed by atoms with E-state index in [1.807, 2.05) is 0 Å². The second kappa shape index (κ2) is 2.84. The number of hydrogen-bond donors (Lipinski definition) is 3. The second-order valence-electron chi connectivity index (χ2n) is 3.26. The minimum Gasteiger partial charge on any atom is -0.398 e. The van der Waals surface area contributed by atoms with Crippen LogP contribution in [0.4, 0.5) is 5.69 Å². The molecule has 0 atom stereocenters. The molecule has 1 aromatic carbocycles. The molecule has 5 nitrogen and oxygen atoms in total. The Morgan fingerprint density at radius 2 is 1.47 bits per heavy atom. The van der Waals surface area contributed by atoms with E-state index in [-0.39, 0.29) is 28.2 Å². The Hall–Kier alpha value is -2.30. The lowest BCUT2D eigenvalue weighted by molar-refractivity contribution is 0.0973. The normalized spacial score (nSPS) is 15.5. The molecule has 0 aromatic heterocycles. The number of Topliss-reactive ketones (excluding diaryl/α,β-unsaturated/α-hetero) is 2. The maximum atomic E-state index is 11.7. The number of allylic oxidation sites excluding steroid dienone is 2. The maximum absolute atomic E-state index is 11.7. The van der Waals surface area contributed by atoms with Gasteiger partial charge in [0.1, 0.15) is 11.4 Å². The van der Waals surface area contributed by atoms with Gasteiger partial charge in [0.2, 0.25) is 11.6 Å². The van der Waals surface area contributed by atoms with Crippen LogP contribution in [0.2, 0.25) is 0 Å². The van der Waals surface area contributed by atoms with Crippen LogP contribution in [0, 0.1) is 0 Å². The number of fused-ring (bicyclic) bond motifs is 1. The molecular weight excluding hydrogens is 194 g/mol. The Balaban J connectivity index is 2.79. The summed E-state index contributed by atoms with van der Waals surface area (Å²) in [5.74, 6) is -0.936. The number of carbonyl (C=O) groups excluding carboxylic acids is 2. The molecule has 1 aliphatic carbocycles. The standard InChI is InChI=1S/C10H9N3O2/c11-5-3-1-2-4-6(5)10(15)8(13)7(12)9(4)14/h1-3H,11-13H2. The van der Waals surface area contributed by atoms with Crippen molar-refractivity contribution in [2.24, 2.45) is 11.5 Å². The van der Waals surface area contributed by atoms with Crippen LogP contribution in [0.5, 0.6) is 0 Å². The van der Waals surface area contributed by atoms with Gasteiger partial charge in [-0.3, -0.25) is 9.59 Å². The van der Waals surface area contributed by atoms with E-state index in [0.29, 0.717) is 0 Å². The van der Waals surface area contributed by atoms with Crippen molar-refractivity contribution < 1.29 is 9.59 Å². The van der Waals surface area contributed by atoms with Gasteiger partial charge in [0.25, 0.3) is 0 Å². The van der Waals surface area contributed by atoms with Gasteiger partial charge in [0.15, 0.2) is 0 Å². The lowest BCUT2D eigenvalue weighted by Gasteiger charge is -2.16. The largest absolute Gasteiger partial charge is 0.398 e. The summed E-state index contributed by atoms with van der Waals surface area (Å²) >= 11 is 0. The molecule has 0 unspecified atom stereocenters. The highest BCUT2D eigenvalue weighted by Crippen LogP contribution is 2.26. The molecule has 0 spiro atoms. The van der Waals surface area contributed by atoms with Crippen molar-refractivity contribution in [3.05, 3.63) is 40.7 Å². The average molecular weight is 203 g/mol. The van der Waals surface area contributed by atoms with Crippen LogP contribution in [-0.4, -0.2) is 11.6 Å². The highest BCUT2D eigenvalue weighted by molar-refractivity contribution is 6.27. The fourth-order valence-electron chi connectivity index (χ4n) is 1.54. The van der Waals surface area contributed by atoms with Crippen LogP contribution >= 0.6 is 0 Å². The molecule has 0 saturated heterocycles. The molecule has 0 bridgehead atoms. The van der Waals surface area contributed by atoms with Crippen molar-refractivity contribution in [2.45, 2.75) is 0 Å². The minimum absolute atomic E-state index is 0.147. The summed E-state index contributed by atoms with van der Waals surface area (Å²) in [7, 11) is 0. The molecule has 6 N–H and O–H groups in total. The van der Waals surface area contributed by atoms with Gasteiger partial charge in [-0.25, -0.2) is 0 Å². The highest BCUT2D eigenvalue weighted by Gasteiger charge is 2.30. The van der Waals surface area contributed by atoms with Crippen LogP contribution in [0.25, 0.3) is 0 Å². The van der Waals surface area contributed by atoms with Gasteiger partial charge in [0.05, 0.1) is 5.56 Å². The number of anilines is 1. The zero-order valence-corrected chi connectivity index (χ0v) is 7.78. The molecule has 0 aliphatic heterocycles. The number of rotatable bonds is 0. The molecule has 0 heterocycles. The summed E-state index contributed by atoms with van der Waals surface area (Å²) in [6, 6.07) is 4.64. The summed E-state index contributed by atoms with van der Waals surface area (Å²) in [5.41, 5.74) is 16.6. The predicted molar refractivity (Wildman–Crippen MR) is 54.9 cm³/mol. The Bertz CT molecular complexity index is 517. The lowest BCUT2D eigenvalue weighted by Crippen LogP contribution is -2.30. The number of nitrogens with two attached hydrogens (primary N) is 3. The Morgan fingerprint density at radius 3 is 2.13 bits per heavy atom. The van der Waals surface area contributed by atoms with E-state index in [4.69, 9.17) is 17.2 Å². The van der Waals surface area contributed by atoms with Gasteiger partial charge in [-0.2, -0.15) is 0 Å². The fourth-order valence-corrected chi connectivity index (χ4v) is 1.54. The van der Waals surface area contributed by atoms with Gasteiger partial charge < -0.3 is 17.2 Å². The summed E-state index contributed by atoms with van der Waals surface area (Å²) in [6.07, 6.45) is 0. The van der Waals surface area contributed by atoms with Crippen LogP contribution in [0.3, 0.4) is 0 Å². The van der Waals surface area contributed by atoms with E-state index in [1.54, 1.807) is 12.1 Å². The van der Waals surface area contributed by atoms with Crippen molar-refractivity contribution in [3.63, 3.8) is 0 Å². The third-order valence-electron chi connectivity index (χ3n) is 2.35. The van der Waals surface area contributed by atoms with Crippen LogP contribution < -0.4 is 17.2 Å². The highest BCUT2D eigenvalue weighted by atomic mass is 16.1. The van der Waals surface area contributed by atoms with Crippen molar-refractivity contribution >= 4 is 17.3 Å². The predicted octanol–water partition coefficient (Wildman–Crippen LogP) is -0.223. The fraction of sp³-hybridized carbons (Fsp3) is 0. The van der Waals surface area contributed by atoms with Crippen LogP contribution in [0.15, 0.2) is 29.6 Å². The number of ketones is 2. The van der Waals surface area contributed by atoms with Gasteiger partial charge in [-0.1, -0.05) is 12.1 Å². The molecular formula is C10H9N3O2. The first-order valence-corrected chi connectivity index (χ1v) is 4.27. The first kappa shape index (κ1) is 9.26. The molecule has 1 aromatic rings. The Kier molecular flexibility index (Phi) is 1.76. The van der Waals surface area contributed by atoms with Gasteiger partial charge in [-0.05, 0) is 6.07 Å². The van der Waals surface area contributed by atoms with E-state index in [9.17, 15) is 9.59 Å². The van der Waals surface area contributed by atoms with E-state index in [1.165, 1.54) is 6.07 Å². The third kappa shape index (κ3) is 1.10. The van der Waals surface area contributed by atoms with Gasteiger partial charge in [0, 0.05) is 11.3 Å². The summed E-state index contributed by atoms with van der Waals surface area (Å²) < 4.78 is 0. The van der Waals surface area contributed by atoms with E-state index in [0.717, 1.165) is 0 Å². The van der Waals surface area contributed by atoms with Crippen molar-refractivity contribution in [2.75, 3.05) is 5.73 Å². The molecule has 0 fully saturated rings. The number of nitrogen functional groups attached to an aromatic ring is 1. The maximum Gasteiger partial charge on any atom is 0.213 e. The molecule has 1 aliphatic rings. The third-order valence-corrected chi connectivity index (χ3v) is 2.35. The summed E-state index contributed by atoms with van der Waals surface area (Å²) in [6.45, 7) is 0. The van der Waals surface area contributed by atoms with Crippen molar-refractivity contribution in [1.82, 2.24) is 0 Å². The quantitative estimate of drug-likeness (QED) is 0.504. The van der Waals surface area contributed by atoms with E-state index < -0.39 is 11.6 Å². The topological polar surface area (TPSA) is 112 Å². The molecule has 15 heavy (non-hydrogen) atoms. The van der Waals surface area contributed by atoms with E-state index >= 15 is 0 Å². The average Bonchev–Trinajstić information content (AvgIpc) is 2.23. The Labute approximate surface area is 85.5 Å². The molecule has 0 radical (unpaired) electrons. The molecule has 76 valence electrons. The smallest absolute Gasteiger partial charge is 0.213 e. The second-order valence-corrected chi connectivity index (χ2v) is 3.26. The van der Waals surface area contributed by atoms with Gasteiger partial charge >= 0.3 is 0 Å². The molecule has 0 amide bonds. The first-order chi connectivity index (χ1) is 7.04. The minimum atomic E-state index is -0.486. The van der Waals surface area contributed by atoms with Crippen LogP contribution in [0.1, 0.15) is 20.7 Å². The summed E-state index contributed by atoms with van der Waals surface area (Å²) in [5, 5.41) is 0. The monoisotopic (exact) mass is 203 g/mol. The van der Waals surface area contributed by atoms with Crippen molar-refractivity contribution in [1.29, 1.82) is 0 Å². The number of hydrogen-bond acceptors (Lipinski definition) is 5. The zero-order chi connectivity index (χ0) is 11.2. The number of benzene rings is 1. The van der Waals surface area contributed by atoms with Crippen LogP contribution in [-0.2, 0) is 0 Å². The van der Waals surface area contributed by atoms with Crippen molar-refractivity contribution in [3.8, 4) is 0 Å². The lowest BCUT2D eigenvalue weighted by atomic mass is 9.90. The van der Waals surface area contributed by atoms with E-state index in [2.05, 4.69) is 0 Å². The molecule has 2 rings (SSSR count).